The molecule has 3 aromatic rings. The van der Waals surface area contributed by atoms with Crippen molar-refractivity contribution in [3.8, 4) is 22.9 Å². The van der Waals surface area contributed by atoms with Crippen LogP contribution < -0.4 is 4.90 Å². The second-order valence-corrected chi connectivity index (χ2v) is 6.12. The Hall–Kier alpha value is -2.83. The van der Waals surface area contributed by atoms with Crippen LogP contribution in [-0.4, -0.2) is 42.8 Å². The number of rotatable bonds is 2. The topological polar surface area (TPSA) is 87.3 Å². The van der Waals surface area contributed by atoms with Crippen molar-refractivity contribution in [2.75, 3.05) is 18.0 Å². The number of phenols is 2. The molecule has 1 aromatic carbocycles. The van der Waals surface area contributed by atoms with Gasteiger partial charge >= 0.3 is 0 Å². The second-order valence-electron chi connectivity index (χ2n) is 6.12. The van der Waals surface area contributed by atoms with E-state index in [9.17, 15) is 10.2 Å². The molecule has 0 saturated carbocycles. The lowest BCUT2D eigenvalue weighted by atomic mass is 10.1. The molecule has 0 spiro atoms. The number of piperidine rings is 1. The molecule has 7 nitrogen and oxygen atoms in total. The Balaban J connectivity index is 1.93. The van der Waals surface area contributed by atoms with Gasteiger partial charge in [0.1, 0.15) is 0 Å². The molecule has 0 aliphatic carbocycles. The van der Waals surface area contributed by atoms with Crippen LogP contribution in [0.5, 0.6) is 11.5 Å². The van der Waals surface area contributed by atoms with E-state index in [1.165, 1.54) is 12.5 Å². The van der Waals surface area contributed by atoms with Gasteiger partial charge in [-0.05, 0) is 31.4 Å². The number of fused-ring (bicyclic) bond motifs is 1. The Morgan fingerprint density at radius 2 is 1.83 bits per heavy atom. The van der Waals surface area contributed by atoms with E-state index >= 15 is 0 Å². The van der Waals surface area contributed by atoms with Gasteiger partial charge in [-0.3, -0.25) is 0 Å². The predicted molar refractivity (Wildman–Crippen MR) is 91.1 cm³/mol. The molecule has 24 heavy (non-hydrogen) atoms. The van der Waals surface area contributed by atoms with E-state index in [2.05, 4.69) is 19.9 Å². The van der Waals surface area contributed by atoms with Gasteiger partial charge in [0, 0.05) is 20.1 Å². The molecule has 0 atom stereocenters. The van der Waals surface area contributed by atoms with Crippen molar-refractivity contribution in [3.05, 3.63) is 24.5 Å². The first-order valence-corrected chi connectivity index (χ1v) is 8.10. The molecular weight excluding hydrogens is 306 g/mol. The van der Waals surface area contributed by atoms with Gasteiger partial charge in [0.15, 0.2) is 34.3 Å². The van der Waals surface area contributed by atoms with E-state index in [1.54, 1.807) is 18.5 Å². The van der Waals surface area contributed by atoms with E-state index in [0.717, 1.165) is 37.3 Å². The van der Waals surface area contributed by atoms with Gasteiger partial charge in [-0.25, -0.2) is 15.0 Å². The van der Waals surface area contributed by atoms with Crippen LogP contribution in [0.3, 0.4) is 0 Å². The summed E-state index contributed by atoms with van der Waals surface area (Å²) in [5.41, 5.74) is 1.89. The number of aryl methyl sites for hydroxylation is 1. The van der Waals surface area contributed by atoms with Gasteiger partial charge in [0.05, 0.1) is 11.9 Å². The van der Waals surface area contributed by atoms with Crippen LogP contribution in [0.4, 0.5) is 5.82 Å². The van der Waals surface area contributed by atoms with E-state index in [1.807, 2.05) is 11.6 Å². The number of aromatic hydroxyl groups is 2. The van der Waals surface area contributed by atoms with Crippen molar-refractivity contribution in [1.29, 1.82) is 0 Å². The van der Waals surface area contributed by atoms with Crippen molar-refractivity contribution >= 4 is 17.0 Å². The Morgan fingerprint density at radius 3 is 2.62 bits per heavy atom. The van der Waals surface area contributed by atoms with E-state index in [-0.39, 0.29) is 11.5 Å². The lowest BCUT2D eigenvalue weighted by Crippen LogP contribution is -2.30. The molecule has 1 aliphatic heterocycles. The minimum absolute atomic E-state index is 0.180. The Bertz CT molecular complexity index is 899. The van der Waals surface area contributed by atoms with Gasteiger partial charge < -0.3 is 19.7 Å². The predicted octanol–water partition coefficient (Wildman–Crippen LogP) is 2.43. The highest BCUT2D eigenvalue weighted by Gasteiger charge is 2.21. The highest BCUT2D eigenvalue weighted by Crippen LogP contribution is 2.36. The lowest BCUT2D eigenvalue weighted by molar-refractivity contribution is 0.405. The minimum atomic E-state index is -0.205. The number of phenolic OH excluding ortho intramolecular Hbond substituents is 2. The fourth-order valence-electron chi connectivity index (χ4n) is 3.15. The van der Waals surface area contributed by atoms with Crippen LogP contribution in [0.1, 0.15) is 19.3 Å². The standard InChI is InChI=1S/C17H19N5O2/c1-21-10-18-13-16(21)19-15(11-6-5-7-12(23)14(11)24)20-17(13)22-8-3-2-4-9-22/h5-7,10,23-24H,2-4,8-9H2,1H3. The average molecular weight is 325 g/mol. The molecule has 1 aliphatic rings. The summed E-state index contributed by atoms with van der Waals surface area (Å²) in [5.74, 6) is 0.794. The van der Waals surface area contributed by atoms with Gasteiger partial charge in [0.25, 0.3) is 0 Å². The van der Waals surface area contributed by atoms with Crippen molar-refractivity contribution in [2.24, 2.45) is 7.05 Å². The Labute approximate surface area is 139 Å². The summed E-state index contributed by atoms with van der Waals surface area (Å²) in [4.78, 5) is 15.9. The summed E-state index contributed by atoms with van der Waals surface area (Å²) in [6.45, 7) is 1.88. The fourth-order valence-corrected chi connectivity index (χ4v) is 3.15. The zero-order valence-corrected chi connectivity index (χ0v) is 13.5. The molecule has 0 radical (unpaired) electrons. The molecular formula is C17H19N5O2. The molecule has 124 valence electrons. The summed E-state index contributed by atoms with van der Waals surface area (Å²) in [7, 11) is 1.88. The monoisotopic (exact) mass is 325 g/mol. The van der Waals surface area contributed by atoms with Crippen LogP contribution in [0.25, 0.3) is 22.6 Å². The van der Waals surface area contributed by atoms with Crippen LogP contribution in [0.15, 0.2) is 24.5 Å². The first-order valence-electron chi connectivity index (χ1n) is 8.10. The maximum Gasteiger partial charge on any atom is 0.168 e. The number of aromatic nitrogens is 4. The summed E-state index contributed by atoms with van der Waals surface area (Å²) in [6.07, 6.45) is 5.21. The third kappa shape index (κ3) is 2.33. The van der Waals surface area contributed by atoms with Crippen molar-refractivity contribution in [3.63, 3.8) is 0 Å². The largest absolute Gasteiger partial charge is 0.504 e. The molecule has 1 fully saturated rings. The number of nitrogens with zero attached hydrogens (tertiary/aromatic N) is 5. The fraction of sp³-hybridized carbons (Fsp3) is 0.353. The van der Waals surface area contributed by atoms with Crippen molar-refractivity contribution in [2.45, 2.75) is 19.3 Å². The normalized spacial score (nSPS) is 15.1. The highest BCUT2D eigenvalue weighted by atomic mass is 16.3. The quantitative estimate of drug-likeness (QED) is 0.704. The smallest absolute Gasteiger partial charge is 0.168 e. The molecule has 7 heteroatoms. The van der Waals surface area contributed by atoms with Crippen molar-refractivity contribution in [1.82, 2.24) is 19.5 Å². The minimum Gasteiger partial charge on any atom is -0.504 e. The molecule has 1 saturated heterocycles. The lowest BCUT2D eigenvalue weighted by Gasteiger charge is -2.28. The van der Waals surface area contributed by atoms with Gasteiger partial charge in [-0.2, -0.15) is 0 Å². The number of imidazole rings is 1. The van der Waals surface area contributed by atoms with Crippen LogP contribution in [0.2, 0.25) is 0 Å². The Kier molecular flexibility index (Phi) is 3.48. The summed E-state index contributed by atoms with van der Waals surface area (Å²) < 4.78 is 1.84. The number of para-hydroxylation sites is 1. The number of hydrogen-bond acceptors (Lipinski definition) is 6. The van der Waals surface area contributed by atoms with Crippen LogP contribution >= 0.6 is 0 Å². The Morgan fingerprint density at radius 1 is 1.04 bits per heavy atom. The molecule has 0 amide bonds. The maximum absolute atomic E-state index is 10.2. The first kappa shape index (κ1) is 14.7. The maximum atomic E-state index is 10.2. The van der Waals surface area contributed by atoms with E-state index in [0.29, 0.717) is 17.0 Å². The van der Waals surface area contributed by atoms with Gasteiger partial charge in [0.2, 0.25) is 0 Å². The molecule has 0 unspecified atom stereocenters. The van der Waals surface area contributed by atoms with E-state index in [4.69, 9.17) is 0 Å². The molecule has 2 N–H and O–H groups in total. The molecule has 3 heterocycles. The first-order chi connectivity index (χ1) is 11.6. The van der Waals surface area contributed by atoms with Crippen molar-refractivity contribution < 1.29 is 10.2 Å². The highest BCUT2D eigenvalue weighted by molar-refractivity contribution is 5.86. The average Bonchev–Trinajstić information content (AvgIpc) is 2.98. The van der Waals surface area contributed by atoms with E-state index < -0.39 is 0 Å². The number of hydrogen-bond donors (Lipinski definition) is 2. The summed E-state index contributed by atoms with van der Waals surface area (Å²) in [5, 5.41) is 20.0. The molecule has 2 aromatic heterocycles. The number of anilines is 1. The zero-order valence-electron chi connectivity index (χ0n) is 13.5. The third-order valence-electron chi connectivity index (χ3n) is 4.45. The third-order valence-corrected chi connectivity index (χ3v) is 4.45. The zero-order chi connectivity index (χ0) is 16.7. The number of benzene rings is 1. The second kappa shape index (κ2) is 5.67. The summed E-state index contributed by atoms with van der Waals surface area (Å²) >= 11 is 0. The van der Waals surface area contributed by atoms with Gasteiger partial charge in [-0.15, -0.1) is 0 Å². The van der Waals surface area contributed by atoms with Gasteiger partial charge in [-0.1, -0.05) is 6.07 Å². The molecule has 4 rings (SSSR count). The van der Waals surface area contributed by atoms with Crippen LogP contribution in [-0.2, 0) is 7.05 Å². The van der Waals surface area contributed by atoms with Crippen LogP contribution in [0, 0.1) is 0 Å². The SMILES string of the molecule is Cn1cnc2c(N3CCCCC3)nc(-c3cccc(O)c3O)nc21. The molecule has 0 bridgehead atoms. The summed E-state index contributed by atoms with van der Waals surface area (Å²) in [6, 6.07) is 4.81.